The number of furan rings is 1. The number of hydrogen-bond donors (Lipinski definition) is 0. The molecule has 3 heterocycles. The van der Waals surface area contributed by atoms with E-state index in [1.807, 2.05) is 0 Å². The molecule has 0 bridgehead atoms. The van der Waals surface area contributed by atoms with Gasteiger partial charge in [0.15, 0.2) is 0 Å². The molecule has 2 aliphatic heterocycles. The fourth-order valence-electron chi connectivity index (χ4n) is 12.8. The van der Waals surface area contributed by atoms with Gasteiger partial charge >= 0.3 is 6.85 Å². The van der Waals surface area contributed by atoms with Crippen LogP contribution in [0.5, 0.6) is 0 Å². The maximum Gasteiger partial charge on any atom is 0.333 e. The maximum absolute atomic E-state index is 7.06. The highest BCUT2D eigenvalue weighted by Gasteiger charge is 2.46. The molecule has 13 rings (SSSR count). The van der Waals surface area contributed by atoms with Crippen LogP contribution >= 0.6 is 0 Å². The molecule has 1 aromatic heterocycles. The summed E-state index contributed by atoms with van der Waals surface area (Å²) in [6.45, 7) is 17.7. The third-order valence-corrected chi connectivity index (χ3v) is 15.9. The van der Waals surface area contributed by atoms with Crippen LogP contribution in [0.1, 0.15) is 44.5 Å². The fraction of sp³-hybridized carbons (Fsp3) is 0.118. The highest BCUT2D eigenvalue weighted by atomic mass is 16.3. The van der Waals surface area contributed by atoms with Crippen molar-refractivity contribution >= 4 is 68.1 Å². The third kappa shape index (κ3) is 6.65. The average molecular weight is 927 g/mol. The van der Waals surface area contributed by atoms with Crippen LogP contribution in [-0.2, 0) is 0 Å². The van der Waals surface area contributed by atoms with E-state index in [4.69, 9.17) is 4.42 Å². The van der Waals surface area contributed by atoms with Crippen LogP contribution < -0.4 is 20.6 Å². The Kier molecular flexibility index (Phi) is 10.1. The lowest BCUT2D eigenvalue weighted by atomic mass is 9.43. The zero-order valence-electron chi connectivity index (χ0n) is 42.3. The van der Waals surface area contributed by atoms with Gasteiger partial charge in [0.1, 0.15) is 11.2 Å². The van der Waals surface area contributed by atoms with Crippen LogP contribution in [-0.4, -0.2) is 6.85 Å². The molecule has 0 amide bonds. The van der Waals surface area contributed by atoms with Crippen molar-refractivity contribution in [3.63, 3.8) is 0 Å². The SMILES string of the molecule is Cc1cccc(C)c1-c1ccc(N2B3c4ccc(-c5c(C)cccc5C)cc4N(c4cccc(-c5c(C)cccc5C)c4)c4cc5oc6ccccc6c5c(c43)-c3cc(-c4c(C)cccc4C)ccc32)cc1. The minimum atomic E-state index is -0.197. The Labute approximate surface area is 423 Å². The summed E-state index contributed by atoms with van der Waals surface area (Å²) in [7, 11) is 0. The van der Waals surface area contributed by atoms with E-state index in [1.54, 1.807) is 0 Å². The lowest BCUT2D eigenvalue weighted by Crippen LogP contribution is -2.61. The topological polar surface area (TPSA) is 19.6 Å². The summed E-state index contributed by atoms with van der Waals surface area (Å²) in [4.78, 5) is 5.19. The predicted molar refractivity (Wildman–Crippen MR) is 307 cm³/mol. The maximum atomic E-state index is 7.06. The van der Waals surface area contributed by atoms with Crippen molar-refractivity contribution in [2.24, 2.45) is 0 Å². The van der Waals surface area contributed by atoms with Gasteiger partial charge in [-0.1, -0.05) is 133 Å². The van der Waals surface area contributed by atoms with E-state index in [2.05, 4.69) is 253 Å². The van der Waals surface area contributed by atoms with Crippen molar-refractivity contribution in [2.75, 3.05) is 9.71 Å². The molecule has 0 radical (unpaired) electrons. The number of nitrogens with zero attached hydrogens (tertiary/aromatic N) is 2. The lowest BCUT2D eigenvalue weighted by Gasteiger charge is -2.46. The van der Waals surface area contributed by atoms with Crippen LogP contribution in [0.25, 0.3) is 77.6 Å². The zero-order chi connectivity index (χ0) is 49.1. The van der Waals surface area contributed by atoms with Crippen LogP contribution in [0.2, 0.25) is 0 Å². The Morgan fingerprint density at radius 1 is 0.347 bits per heavy atom. The summed E-state index contributed by atoms with van der Waals surface area (Å²) in [6.07, 6.45) is 0. The Balaban J connectivity index is 1.16. The quantitative estimate of drug-likeness (QED) is 0.155. The van der Waals surface area contributed by atoms with E-state index in [1.165, 1.54) is 117 Å². The third-order valence-electron chi connectivity index (χ3n) is 15.9. The molecule has 0 unspecified atom stereocenters. The normalized spacial score (nSPS) is 12.6. The van der Waals surface area contributed by atoms with Crippen LogP contribution in [0.3, 0.4) is 0 Å². The molecule has 2 aliphatic rings. The van der Waals surface area contributed by atoms with Gasteiger partial charge in [-0.3, -0.25) is 0 Å². The van der Waals surface area contributed by atoms with Gasteiger partial charge in [0, 0.05) is 50.8 Å². The Bertz CT molecular complexity index is 3960. The average Bonchev–Trinajstić information content (AvgIpc) is 3.75. The molecule has 10 aromatic carbocycles. The Morgan fingerprint density at radius 3 is 1.44 bits per heavy atom. The first-order valence-electron chi connectivity index (χ1n) is 25.4. The van der Waals surface area contributed by atoms with Crippen LogP contribution in [0.4, 0.5) is 28.4 Å². The summed E-state index contributed by atoms with van der Waals surface area (Å²) in [5.74, 6) is 0. The molecule has 0 spiro atoms. The smallest absolute Gasteiger partial charge is 0.333 e. The molecule has 0 N–H and O–H groups in total. The zero-order valence-corrected chi connectivity index (χ0v) is 42.3. The molecule has 3 nitrogen and oxygen atoms in total. The first kappa shape index (κ1) is 43.7. The molecule has 0 atom stereocenters. The molecule has 0 aliphatic carbocycles. The summed E-state index contributed by atoms with van der Waals surface area (Å²) in [5, 5.41) is 2.28. The molecule has 0 fully saturated rings. The highest BCUT2D eigenvalue weighted by Crippen LogP contribution is 2.52. The fourth-order valence-corrected chi connectivity index (χ4v) is 12.8. The predicted octanol–water partition coefficient (Wildman–Crippen LogP) is 17.4. The first-order valence-corrected chi connectivity index (χ1v) is 25.4. The molecule has 0 saturated carbocycles. The second kappa shape index (κ2) is 16.6. The van der Waals surface area contributed by atoms with Crippen LogP contribution in [0, 0.1) is 55.4 Å². The largest absolute Gasteiger partial charge is 0.456 e. The minimum Gasteiger partial charge on any atom is -0.456 e. The van der Waals surface area contributed by atoms with Gasteiger partial charge in [-0.15, -0.1) is 0 Å². The van der Waals surface area contributed by atoms with E-state index >= 15 is 0 Å². The molecular weight excluding hydrogens is 872 g/mol. The number of hydrogen-bond acceptors (Lipinski definition) is 3. The minimum absolute atomic E-state index is 0.197. The number of rotatable bonds is 6. The van der Waals surface area contributed by atoms with Crippen molar-refractivity contribution in [1.29, 1.82) is 0 Å². The van der Waals surface area contributed by atoms with E-state index in [9.17, 15) is 0 Å². The highest BCUT2D eigenvalue weighted by molar-refractivity contribution is 6.94. The van der Waals surface area contributed by atoms with E-state index in [0.717, 1.165) is 44.7 Å². The molecule has 72 heavy (non-hydrogen) atoms. The summed E-state index contributed by atoms with van der Waals surface area (Å²) in [6, 6.07) is 70.5. The number of anilines is 5. The summed E-state index contributed by atoms with van der Waals surface area (Å²) >= 11 is 0. The lowest BCUT2D eigenvalue weighted by molar-refractivity contribution is 0.669. The van der Waals surface area contributed by atoms with Crippen LogP contribution in [0.15, 0.2) is 192 Å². The van der Waals surface area contributed by atoms with Crippen molar-refractivity contribution in [3.8, 4) is 55.6 Å². The number of aryl methyl sites for hydroxylation is 8. The summed E-state index contributed by atoms with van der Waals surface area (Å²) < 4.78 is 7.06. The second-order valence-electron chi connectivity index (χ2n) is 20.4. The van der Waals surface area contributed by atoms with Gasteiger partial charge in [0.2, 0.25) is 0 Å². The second-order valence-corrected chi connectivity index (χ2v) is 20.4. The van der Waals surface area contributed by atoms with E-state index < -0.39 is 0 Å². The van der Waals surface area contributed by atoms with E-state index in [-0.39, 0.29) is 6.85 Å². The van der Waals surface area contributed by atoms with Gasteiger partial charge in [0.05, 0.1) is 0 Å². The van der Waals surface area contributed by atoms with Crippen molar-refractivity contribution in [3.05, 3.63) is 233 Å². The van der Waals surface area contributed by atoms with Crippen molar-refractivity contribution in [2.45, 2.75) is 55.4 Å². The molecule has 11 aromatic rings. The first-order chi connectivity index (χ1) is 35.0. The molecular formula is C68H55BN2O. The van der Waals surface area contributed by atoms with Gasteiger partial charge in [0.25, 0.3) is 0 Å². The number of fused-ring (bicyclic) bond motifs is 8. The van der Waals surface area contributed by atoms with E-state index in [0.29, 0.717) is 0 Å². The molecule has 346 valence electrons. The number of benzene rings is 10. The monoisotopic (exact) mass is 926 g/mol. The van der Waals surface area contributed by atoms with Crippen molar-refractivity contribution < 1.29 is 4.42 Å². The summed E-state index contributed by atoms with van der Waals surface area (Å²) in [5.41, 5.74) is 32.5. The Morgan fingerprint density at radius 2 is 0.847 bits per heavy atom. The van der Waals surface area contributed by atoms with Gasteiger partial charge < -0.3 is 14.1 Å². The van der Waals surface area contributed by atoms with Gasteiger partial charge in [-0.2, -0.15) is 0 Å². The molecule has 0 saturated heterocycles. The molecule has 4 heteroatoms. The standard InChI is InChI=1S/C68H55BN2O/c1-40-16-11-17-41(2)62(40)48-28-32-52(33-29-48)71-57-35-31-50(64-44(5)20-13-21-45(64)6)37-55(57)67-66-54-26-9-10-27-60(54)72-61(66)39-59-68(67)69(71)56-34-30-51(65-46(7)22-14-23-47(65)8)38-58(56)70(59)53-25-15-24-49(36-53)63-42(3)18-12-19-43(63)4/h9-39H,1-8H3. The number of para-hydroxylation sites is 1. The Hall–Kier alpha value is -8.34. The van der Waals surface area contributed by atoms with Gasteiger partial charge in [-0.05, 0) is 209 Å². The van der Waals surface area contributed by atoms with Crippen molar-refractivity contribution in [1.82, 2.24) is 0 Å². The van der Waals surface area contributed by atoms with Gasteiger partial charge in [-0.25, -0.2) is 0 Å².